The summed E-state index contributed by atoms with van der Waals surface area (Å²) in [4.78, 5) is 0. The van der Waals surface area contributed by atoms with Gasteiger partial charge < -0.3 is 9.47 Å². The summed E-state index contributed by atoms with van der Waals surface area (Å²) in [7, 11) is 3.23. The summed E-state index contributed by atoms with van der Waals surface area (Å²) in [6.07, 6.45) is 1.15. The molecule has 0 heterocycles. The molecule has 1 aromatic rings. The molecule has 4 heteroatoms. The van der Waals surface area contributed by atoms with Gasteiger partial charge in [0.15, 0.2) is 5.79 Å². The number of halogens is 1. The maximum Gasteiger partial charge on any atom is 0.171 e. The van der Waals surface area contributed by atoms with E-state index in [-0.39, 0.29) is 0 Å². The van der Waals surface area contributed by atoms with Crippen molar-refractivity contribution in [3.8, 4) is 6.07 Å². The topological polar surface area (TPSA) is 42.2 Å². The highest BCUT2D eigenvalue weighted by atomic mass is 79.9. The van der Waals surface area contributed by atoms with Crippen LogP contribution in [0.25, 0.3) is 0 Å². The van der Waals surface area contributed by atoms with Crippen molar-refractivity contribution in [3.63, 3.8) is 0 Å². The normalized spacial score (nSPS) is 20.4. The zero-order valence-corrected chi connectivity index (χ0v) is 11.5. The first-order valence-corrected chi connectivity index (χ1v) is 6.17. The number of methoxy groups -OCH3 is 2. The first kappa shape index (κ1) is 12.6. The van der Waals surface area contributed by atoms with Crippen molar-refractivity contribution in [1.82, 2.24) is 0 Å². The molecule has 1 saturated carbocycles. The standard InChI is InChI=1S/C13H14BrNO2/c1-16-13(17-2)7-12(8-13,9-15)10-3-5-11(14)6-4-10/h3-6H,7-8H2,1-2H3. The minimum absolute atomic E-state index is 0.479. The molecule has 0 atom stereocenters. The lowest BCUT2D eigenvalue weighted by atomic mass is 9.61. The number of hydrogen-bond donors (Lipinski definition) is 0. The molecule has 0 bridgehead atoms. The highest BCUT2D eigenvalue weighted by Gasteiger charge is 2.57. The Kier molecular flexibility index (Phi) is 3.26. The zero-order chi connectivity index (χ0) is 12.5. The van der Waals surface area contributed by atoms with Crippen LogP contribution in [0.2, 0.25) is 0 Å². The van der Waals surface area contributed by atoms with Crippen molar-refractivity contribution in [2.75, 3.05) is 14.2 Å². The van der Waals surface area contributed by atoms with Crippen LogP contribution in [-0.4, -0.2) is 20.0 Å². The van der Waals surface area contributed by atoms with Crippen LogP contribution >= 0.6 is 15.9 Å². The molecular weight excluding hydrogens is 282 g/mol. The summed E-state index contributed by atoms with van der Waals surface area (Å²) >= 11 is 3.39. The first-order chi connectivity index (χ1) is 8.10. The van der Waals surface area contributed by atoms with Crippen molar-refractivity contribution in [2.45, 2.75) is 24.0 Å². The van der Waals surface area contributed by atoms with Crippen LogP contribution in [0.3, 0.4) is 0 Å². The number of ether oxygens (including phenoxy) is 2. The van der Waals surface area contributed by atoms with Gasteiger partial charge in [-0.15, -0.1) is 0 Å². The molecule has 1 aliphatic rings. The van der Waals surface area contributed by atoms with Crippen LogP contribution in [0.1, 0.15) is 18.4 Å². The van der Waals surface area contributed by atoms with Crippen LogP contribution in [0.5, 0.6) is 0 Å². The molecule has 1 fully saturated rings. The van der Waals surface area contributed by atoms with Gasteiger partial charge in [-0.25, -0.2) is 0 Å². The van der Waals surface area contributed by atoms with Gasteiger partial charge in [-0.1, -0.05) is 28.1 Å². The van der Waals surface area contributed by atoms with Crippen LogP contribution in [0.15, 0.2) is 28.7 Å². The maximum atomic E-state index is 9.41. The molecule has 0 spiro atoms. The van der Waals surface area contributed by atoms with Gasteiger partial charge in [0.25, 0.3) is 0 Å². The predicted molar refractivity (Wildman–Crippen MR) is 67.4 cm³/mol. The molecule has 0 N–H and O–H groups in total. The maximum absolute atomic E-state index is 9.41. The molecule has 1 aliphatic carbocycles. The Morgan fingerprint density at radius 2 is 1.71 bits per heavy atom. The van der Waals surface area contributed by atoms with Gasteiger partial charge in [-0.05, 0) is 17.7 Å². The van der Waals surface area contributed by atoms with Crippen LogP contribution in [-0.2, 0) is 14.9 Å². The minimum atomic E-state index is -0.594. The fourth-order valence-corrected chi connectivity index (χ4v) is 2.62. The molecule has 0 aliphatic heterocycles. The van der Waals surface area contributed by atoms with Gasteiger partial charge in [-0.3, -0.25) is 0 Å². The summed E-state index contributed by atoms with van der Waals surface area (Å²) in [6, 6.07) is 10.3. The fourth-order valence-electron chi connectivity index (χ4n) is 2.36. The summed E-state index contributed by atoms with van der Waals surface area (Å²) in [5.41, 5.74) is 0.542. The highest BCUT2D eigenvalue weighted by Crippen LogP contribution is 2.52. The van der Waals surface area contributed by atoms with E-state index in [0.717, 1.165) is 10.0 Å². The van der Waals surface area contributed by atoms with E-state index in [2.05, 4.69) is 22.0 Å². The summed E-state index contributed by atoms with van der Waals surface area (Å²) < 4.78 is 11.7. The van der Waals surface area contributed by atoms with Gasteiger partial charge in [0.2, 0.25) is 0 Å². The van der Waals surface area contributed by atoms with E-state index < -0.39 is 11.2 Å². The molecular formula is C13H14BrNO2. The van der Waals surface area contributed by atoms with E-state index in [4.69, 9.17) is 9.47 Å². The van der Waals surface area contributed by atoms with E-state index in [9.17, 15) is 5.26 Å². The third kappa shape index (κ3) is 1.99. The summed E-state index contributed by atoms with van der Waals surface area (Å²) in [6.45, 7) is 0. The second kappa shape index (κ2) is 4.41. The van der Waals surface area contributed by atoms with Crippen molar-refractivity contribution >= 4 is 15.9 Å². The van der Waals surface area contributed by atoms with E-state index in [1.807, 2.05) is 24.3 Å². The largest absolute Gasteiger partial charge is 0.353 e. The fraction of sp³-hybridized carbons (Fsp3) is 0.462. The average Bonchev–Trinajstić information content (AvgIpc) is 2.32. The average molecular weight is 296 g/mol. The monoisotopic (exact) mass is 295 g/mol. The van der Waals surface area contributed by atoms with Gasteiger partial charge in [0.1, 0.15) is 0 Å². The molecule has 0 radical (unpaired) electrons. The Morgan fingerprint density at radius 1 is 1.18 bits per heavy atom. The lowest BCUT2D eigenvalue weighted by Gasteiger charge is -2.50. The predicted octanol–water partition coefficient (Wildman–Crippen LogP) is 2.99. The van der Waals surface area contributed by atoms with E-state index in [0.29, 0.717) is 12.8 Å². The smallest absolute Gasteiger partial charge is 0.171 e. The molecule has 3 nitrogen and oxygen atoms in total. The summed E-state index contributed by atoms with van der Waals surface area (Å²) in [5, 5.41) is 9.41. The Hall–Kier alpha value is -0.890. The van der Waals surface area contributed by atoms with Crippen molar-refractivity contribution < 1.29 is 9.47 Å². The third-order valence-electron chi connectivity index (χ3n) is 3.50. The second-order valence-electron chi connectivity index (χ2n) is 4.37. The van der Waals surface area contributed by atoms with Crippen molar-refractivity contribution in [3.05, 3.63) is 34.3 Å². The van der Waals surface area contributed by atoms with Crippen LogP contribution in [0.4, 0.5) is 0 Å². The molecule has 0 saturated heterocycles. The molecule has 0 unspecified atom stereocenters. The molecule has 0 amide bonds. The number of hydrogen-bond acceptors (Lipinski definition) is 3. The Bertz CT molecular complexity index is 437. The highest BCUT2D eigenvalue weighted by molar-refractivity contribution is 9.10. The lowest BCUT2D eigenvalue weighted by molar-refractivity contribution is -0.269. The quantitative estimate of drug-likeness (QED) is 0.805. The molecule has 90 valence electrons. The third-order valence-corrected chi connectivity index (χ3v) is 4.03. The molecule has 1 aromatic carbocycles. The SMILES string of the molecule is COC1(OC)CC(C#N)(c2ccc(Br)cc2)C1. The van der Waals surface area contributed by atoms with E-state index in [1.54, 1.807) is 14.2 Å². The number of nitriles is 1. The van der Waals surface area contributed by atoms with Gasteiger partial charge in [-0.2, -0.15) is 5.26 Å². The second-order valence-corrected chi connectivity index (χ2v) is 5.29. The van der Waals surface area contributed by atoms with Gasteiger partial charge in [0.05, 0.1) is 11.5 Å². The Morgan fingerprint density at radius 3 is 2.12 bits per heavy atom. The molecule has 0 aromatic heterocycles. The molecule has 2 rings (SSSR count). The van der Waals surface area contributed by atoms with Crippen molar-refractivity contribution in [1.29, 1.82) is 5.26 Å². The van der Waals surface area contributed by atoms with Gasteiger partial charge in [0, 0.05) is 31.5 Å². The van der Waals surface area contributed by atoms with Crippen molar-refractivity contribution in [2.24, 2.45) is 0 Å². The number of rotatable bonds is 3. The van der Waals surface area contributed by atoms with Crippen LogP contribution in [0, 0.1) is 11.3 Å². The van der Waals surface area contributed by atoms with Gasteiger partial charge >= 0.3 is 0 Å². The Labute approximate surface area is 109 Å². The van der Waals surface area contributed by atoms with E-state index in [1.165, 1.54) is 0 Å². The Balaban J connectivity index is 2.26. The summed E-state index contributed by atoms with van der Waals surface area (Å²) in [5.74, 6) is -0.594. The van der Waals surface area contributed by atoms with E-state index >= 15 is 0 Å². The number of benzene rings is 1. The first-order valence-electron chi connectivity index (χ1n) is 5.37. The minimum Gasteiger partial charge on any atom is -0.353 e. The molecule has 17 heavy (non-hydrogen) atoms. The number of nitrogens with zero attached hydrogens (tertiary/aromatic N) is 1. The lowest BCUT2D eigenvalue weighted by Crippen LogP contribution is -2.56. The van der Waals surface area contributed by atoms with Crippen LogP contribution < -0.4 is 0 Å². The zero-order valence-electron chi connectivity index (χ0n) is 9.87.